The van der Waals surface area contributed by atoms with E-state index in [4.69, 9.17) is 0 Å². The van der Waals surface area contributed by atoms with E-state index >= 15 is 0 Å². The Kier molecular flexibility index (Phi) is 12.5. The molecule has 0 bridgehead atoms. The largest absolute Gasteiger partial charge is 0.356 e. The number of carbonyl (C=O) groups is 1. The molecule has 0 rings (SSSR count). The maximum Gasteiger partial charge on any atom is 0.221 e. The van der Waals surface area contributed by atoms with E-state index in [9.17, 15) is 4.79 Å². The van der Waals surface area contributed by atoms with Gasteiger partial charge in [0, 0.05) is 19.5 Å². The minimum Gasteiger partial charge on any atom is -0.356 e. The van der Waals surface area contributed by atoms with Crippen LogP contribution < -0.4 is 10.6 Å². The molecule has 3 nitrogen and oxygen atoms in total. The fourth-order valence-electron chi connectivity index (χ4n) is 1.76. The van der Waals surface area contributed by atoms with Crippen molar-refractivity contribution in [1.82, 2.24) is 10.6 Å². The summed E-state index contributed by atoms with van der Waals surface area (Å²) >= 11 is 0. The molecule has 0 heterocycles. The number of unbranched alkanes of at least 4 members (excludes halogenated alkanes) is 5. The van der Waals surface area contributed by atoms with E-state index in [-0.39, 0.29) is 5.91 Å². The van der Waals surface area contributed by atoms with E-state index in [0.29, 0.717) is 12.3 Å². The fourth-order valence-corrected chi connectivity index (χ4v) is 1.76. The third-order valence-corrected chi connectivity index (χ3v) is 2.94. The Bertz CT molecular complexity index is 193. The van der Waals surface area contributed by atoms with E-state index in [2.05, 4.69) is 31.4 Å². The van der Waals surface area contributed by atoms with Gasteiger partial charge in [0.1, 0.15) is 0 Å². The quantitative estimate of drug-likeness (QED) is 0.527. The highest BCUT2D eigenvalue weighted by Gasteiger charge is 2.01. The molecule has 0 aliphatic heterocycles. The van der Waals surface area contributed by atoms with E-state index in [0.717, 1.165) is 19.6 Å². The maximum atomic E-state index is 11.4. The summed E-state index contributed by atoms with van der Waals surface area (Å²) in [6.07, 6.45) is 8.54. The van der Waals surface area contributed by atoms with Crippen molar-refractivity contribution in [2.24, 2.45) is 5.92 Å². The van der Waals surface area contributed by atoms with Gasteiger partial charge in [-0.2, -0.15) is 0 Å². The molecule has 0 saturated heterocycles. The minimum absolute atomic E-state index is 0.166. The van der Waals surface area contributed by atoms with E-state index < -0.39 is 0 Å². The van der Waals surface area contributed by atoms with Crippen LogP contribution in [0.5, 0.6) is 0 Å². The number of hydrogen-bond acceptors (Lipinski definition) is 2. The Balaban J connectivity index is 3.12. The number of rotatable bonds is 12. The van der Waals surface area contributed by atoms with Crippen molar-refractivity contribution in [3.63, 3.8) is 0 Å². The van der Waals surface area contributed by atoms with Gasteiger partial charge in [-0.15, -0.1) is 0 Å². The summed E-state index contributed by atoms with van der Waals surface area (Å²) in [7, 11) is 0. The van der Waals surface area contributed by atoms with Gasteiger partial charge in [-0.1, -0.05) is 52.9 Å². The highest BCUT2D eigenvalue weighted by Crippen LogP contribution is 2.03. The third kappa shape index (κ3) is 13.5. The smallest absolute Gasteiger partial charge is 0.221 e. The summed E-state index contributed by atoms with van der Waals surface area (Å²) in [5.41, 5.74) is 0. The molecule has 3 heteroatoms. The Morgan fingerprint density at radius 3 is 2.33 bits per heavy atom. The Morgan fingerprint density at radius 1 is 1.00 bits per heavy atom. The van der Waals surface area contributed by atoms with Crippen LogP contribution in [0.4, 0.5) is 0 Å². The summed E-state index contributed by atoms with van der Waals surface area (Å²) in [6.45, 7) is 9.10. The Morgan fingerprint density at radius 2 is 1.67 bits per heavy atom. The molecule has 2 N–H and O–H groups in total. The van der Waals surface area contributed by atoms with E-state index in [1.807, 2.05) is 0 Å². The second-order valence-corrected chi connectivity index (χ2v) is 5.47. The first kappa shape index (κ1) is 17.4. The molecular formula is C15H32N2O. The Labute approximate surface area is 113 Å². The molecule has 108 valence electrons. The monoisotopic (exact) mass is 256 g/mol. The molecule has 0 spiro atoms. The standard InChI is InChI=1S/C15H32N2O/c1-4-5-6-7-8-9-11-16-12-10-15(18)17-13-14(2)3/h14,16H,4-13H2,1-3H3,(H,17,18). The predicted molar refractivity (Wildman–Crippen MR) is 78.7 cm³/mol. The van der Waals surface area contributed by atoms with Crippen LogP contribution in [0, 0.1) is 5.92 Å². The minimum atomic E-state index is 0.166. The van der Waals surface area contributed by atoms with E-state index in [1.54, 1.807) is 0 Å². The van der Waals surface area contributed by atoms with Gasteiger partial charge in [0.2, 0.25) is 5.91 Å². The molecule has 0 saturated carbocycles. The molecule has 0 unspecified atom stereocenters. The van der Waals surface area contributed by atoms with Gasteiger partial charge in [0.05, 0.1) is 0 Å². The molecule has 0 aliphatic carbocycles. The van der Waals surface area contributed by atoms with Gasteiger partial charge >= 0.3 is 0 Å². The van der Waals surface area contributed by atoms with Crippen molar-refractivity contribution < 1.29 is 4.79 Å². The SMILES string of the molecule is CCCCCCCCNCCC(=O)NCC(C)C. The molecule has 18 heavy (non-hydrogen) atoms. The van der Waals surface area contributed by atoms with E-state index in [1.165, 1.54) is 38.5 Å². The third-order valence-electron chi connectivity index (χ3n) is 2.94. The first-order valence-corrected chi connectivity index (χ1v) is 7.64. The lowest BCUT2D eigenvalue weighted by Gasteiger charge is -2.08. The zero-order valence-corrected chi connectivity index (χ0v) is 12.6. The number of carbonyl (C=O) groups excluding carboxylic acids is 1. The lowest BCUT2D eigenvalue weighted by molar-refractivity contribution is -0.121. The highest BCUT2D eigenvalue weighted by atomic mass is 16.1. The second-order valence-electron chi connectivity index (χ2n) is 5.47. The van der Waals surface area contributed by atoms with Gasteiger partial charge in [-0.25, -0.2) is 0 Å². The van der Waals surface area contributed by atoms with Crippen LogP contribution in [0.2, 0.25) is 0 Å². The Hall–Kier alpha value is -0.570. The van der Waals surface area contributed by atoms with Crippen LogP contribution >= 0.6 is 0 Å². The topological polar surface area (TPSA) is 41.1 Å². The first-order valence-electron chi connectivity index (χ1n) is 7.64. The van der Waals surface area contributed by atoms with Crippen molar-refractivity contribution >= 4 is 5.91 Å². The average molecular weight is 256 g/mol. The van der Waals surface area contributed by atoms with Crippen molar-refractivity contribution in [3.05, 3.63) is 0 Å². The normalized spacial score (nSPS) is 10.9. The van der Waals surface area contributed by atoms with Crippen LogP contribution in [0.15, 0.2) is 0 Å². The predicted octanol–water partition coefficient (Wildman–Crippen LogP) is 3.10. The van der Waals surface area contributed by atoms with Crippen molar-refractivity contribution in [2.75, 3.05) is 19.6 Å². The number of amides is 1. The molecule has 0 aromatic heterocycles. The zero-order valence-electron chi connectivity index (χ0n) is 12.6. The van der Waals surface area contributed by atoms with Gasteiger partial charge in [-0.3, -0.25) is 4.79 Å². The lowest BCUT2D eigenvalue weighted by Crippen LogP contribution is -2.30. The van der Waals surface area contributed by atoms with Gasteiger partial charge < -0.3 is 10.6 Å². The highest BCUT2D eigenvalue weighted by molar-refractivity contribution is 5.76. The molecule has 1 amide bonds. The van der Waals surface area contributed by atoms with Gasteiger partial charge in [-0.05, 0) is 18.9 Å². The summed E-state index contributed by atoms with van der Waals surface area (Å²) in [6, 6.07) is 0. The summed E-state index contributed by atoms with van der Waals surface area (Å²) < 4.78 is 0. The van der Waals surface area contributed by atoms with Crippen LogP contribution in [-0.4, -0.2) is 25.5 Å². The van der Waals surface area contributed by atoms with Crippen LogP contribution in [0.25, 0.3) is 0 Å². The lowest BCUT2D eigenvalue weighted by atomic mass is 10.1. The number of hydrogen-bond donors (Lipinski definition) is 2. The molecule has 0 aromatic rings. The van der Waals surface area contributed by atoms with Gasteiger partial charge in [0.25, 0.3) is 0 Å². The number of nitrogens with one attached hydrogen (secondary N) is 2. The van der Waals surface area contributed by atoms with Crippen LogP contribution in [0.3, 0.4) is 0 Å². The van der Waals surface area contributed by atoms with Gasteiger partial charge in [0.15, 0.2) is 0 Å². The fraction of sp³-hybridized carbons (Fsp3) is 0.933. The summed E-state index contributed by atoms with van der Waals surface area (Å²) in [4.78, 5) is 11.4. The van der Waals surface area contributed by atoms with Crippen LogP contribution in [-0.2, 0) is 4.79 Å². The molecule has 0 aliphatic rings. The summed E-state index contributed by atoms with van der Waals surface area (Å²) in [5, 5.41) is 6.26. The first-order chi connectivity index (χ1) is 8.66. The van der Waals surface area contributed by atoms with Crippen molar-refractivity contribution in [2.45, 2.75) is 65.7 Å². The average Bonchev–Trinajstić information content (AvgIpc) is 2.34. The molecule has 0 atom stereocenters. The maximum absolute atomic E-state index is 11.4. The van der Waals surface area contributed by atoms with Crippen molar-refractivity contribution in [3.8, 4) is 0 Å². The van der Waals surface area contributed by atoms with Crippen molar-refractivity contribution in [1.29, 1.82) is 0 Å². The summed E-state index contributed by atoms with van der Waals surface area (Å²) in [5.74, 6) is 0.698. The molecular weight excluding hydrogens is 224 g/mol. The zero-order chi connectivity index (χ0) is 13.6. The second kappa shape index (κ2) is 12.9. The molecule has 0 radical (unpaired) electrons. The molecule has 0 fully saturated rings. The molecule has 0 aromatic carbocycles. The van der Waals surface area contributed by atoms with Crippen LogP contribution in [0.1, 0.15) is 65.7 Å².